The van der Waals surface area contributed by atoms with Crippen LogP contribution < -0.4 is 9.47 Å². The lowest BCUT2D eigenvalue weighted by Gasteiger charge is -2.15. The Morgan fingerprint density at radius 2 is 0.364 bits per heavy atom. The van der Waals surface area contributed by atoms with Gasteiger partial charge in [-0.2, -0.15) is 0 Å². The fourth-order valence-corrected chi connectivity index (χ4v) is 13.7. The van der Waals surface area contributed by atoms with E-state index in [0.29, 0.717) is 46.3 Å². The Morgan fingerprint density at radius 3 is 0.736 bits per heavy atom. The lowest BCUT2D eigenvalue weighted by molar-refractivity contribution is 0.483. The Morgan fingerprint density at radius 1 is 0.136 bits per heavy atom. The SMILES string of the molecule is c1ccc(-c2cc(-c3ccccc3)nc(-c3ccc(-c4ccc(Oc5ccc(-c6ccc(-c7cc(-c8ccccc8)nc(-c8ccccc8)c7)cc6)cc5)c(-c5ccc(-c6cc(-c7ccc(Oc8ccc(-c9nc(-c%10ccccc%10)nc(-c%10ccccc%10)n9)cc8)cc7)nc(-c7ccccc7)n6)cc5)c4)cc3)c2)cc1. The monoisotopic (exact) mass is 1410 g/mol. The van der Waals surface area contributed by atoms with Gasteiger partial charge in [0.2, 0.25) is 0 Å². The second-order valence-corrected chi connectivity index (χ2v) is 26.8. The lowest BCUT2D eigenvalue weighted by atomic mass is 9.95. The number of ether oxygens (including phenoxy) is 2. The molecule has 0 aliphatic heterocycles. The number of rotatable bonds is 19. The molecule has 0 N–H and O–H groups in total. The number of aromatic nitrogens is 7. The molecular formula is C101H67N7O2. The molecule has 0 saturated carbocycles. The van der Waals surface area contributed by atoms with Crippen molar-refractivity contribution in [1.29, 1.82) is 0 Å². The second kappa shape index (κ2) is 30.6. The number of nitrogens with zero attached hydrogens (tertiary/aromatic N) is 7. The molecule has 0 aliphatic rings. The van der Waals surface area contributed by atoms with Crippen molar-refractivity contribution in [2.75, 3.05) is 0 Å². The van der Waals surface area contributed by atoms with Crippen molar-refractivity contribution in [3.63, 3.8) is 0 Å². The number of benzene rings is 14. The van der Waals surface area contributed by atoms with Gasteiger partial charge < -0.3 is 9.47 Å². The maximum Gasteiger partial charge on any atom is 0.164 e. The van der Waals surface area contributed by atoms with E-state index in [1.165, 1.54) is 0 Å². The first-order chi connectivity index (χ1) is 54.4. The molecule has 0 fully saturated rings. The zero-order valence-electron chi connectivity index (χ0n) is 59.6. The highest BCUT2D eigenvalue weighted by Gasteiger charge is 2.19. The van der Waals surface area contributed by atoms with Gasteiger partial charge in [-0.05, 0) is 153 Å². The molecule has 18 aromatic rings. The molecule has 0 spiro atoms. The molecule has 14 aromatic carbocycles. The maximum atomic E-state index is 6.98. The summed E-state index contributed by atoms with van der Waals surface area (Å²) < 4.78 is 13.5. The van der Waals surface area contributed by atoms with Crippen LogP contribution in [0.5, 0.6) is 23.0 Å². The molecule has 0 saturated heterocycles. The normalized spacial score (nSPS) is 11.1. The van der Waals surface area contributed by atoms with Crippen molar-refractivity contribution in [3.8, 4) is 192 Å². The van der Waals surface area contributed by atoms with E-state index in [0.717, 1.165) is 145 Å². The molecule has 518 valence electrons. The van der Waals surface area contributed by atoms with Crippen molar-refractivity contribution in [3.05, 3.63) is 406 Å². The first-order valence-corrected chi connectivity index (χ1v) is 36.6. The van der Waals surface area contributed by atoms with Crippen LogP contribution in [-0.2, 0) is 0 Å². The summed E-state index contributed by atoms with van der Waals surface area (Å²) in [6.07, 6.45) is 0. The lowest BCUT2D eigenvalue weighted by Crippen LogP contribution is -2.00. The first kappa shape index (κ1) is 67.0. The van der Waals surface area contributed by atoms with E-state index in [-0.39, 0.29) is 0 Å². The van der Waals surface area contributed by atoms with Gasteiger partial charge in [-0.1, -0.05) is 303 Å². The van der Waals surface area contributed by atoms with Crippen molar-refractivity contribution < 1.29 is 9.47 Å². The van der Waals surface area contributed by atoms with E-state index in [1.54, 1.807) is 0 Å². The van der Waals surface area contributed by atoms with Gasteiger partial charge in [0.05, 0.1) is 34.2 Å². The van der Waals surface area contributed by atoms with Crippen LogP contribution in [0.25, 0.3) is 169 Å². The summed E-state index contributed by atoms with van der Waals surface area (Å²) >= 11 is 0. The van der Waals surface area contributed by atoms with Crippen LogP contribution in [-0.4, -0.2) is 34.9 Å². The van der Waals surface area contributed by atoms with E-state index in [2.05, 4.69) is 231 Å². The van der Waals surface area contributed by atoms with Crippen molar-refractivity contribution >= 4 is 0 Å². The van der Waals surface area contributed by atoms with E-state index in [4.69, 9.17) is 44.4 Å². The summed E-state index contributed by atoms with van der Waals surface area (Å²) in [5, 5.41) is 0. The van der Waals surface area contributed by atoms with Crippen LogP contribution in [0.4, 0.5) is 0 Å². The Kier molecular flexibility index (Phi) is 18.7. The maximum absolute atomic E-state index is 6.98. The highest BCUT2D eigenvalue weighted by atomic mass is 16.5. The van der Waals surface area contributed by atoms with Crippen LogP contribution in [0.2, 0.25) is 0 Å². The molecule has 0 unspecified atom stereocenters. The fraction of sp³-hybridized carbons (Fsp3) is 0. The summed E-state index contributed by atoms with van der Waals surface area (Å²) in [4.78, 5) is 35.5. The van der Waals surface area contributed by atoms with Crippen LogP contribution in [0.1, 0.15) is 0 Å². The van der Waals surface area contributed by atoms with Crippen LogP contribution in [0, 0.1) is 0 Å². The zero-order valence-corrected chi connectivity index (χ0v) is 59.6. The minimum atomic E-state index is 0.571. The summed E-state index contributed by atoms with van der Waals surface area (Å²) in [7, 11) is 0. The first-order valence-electron chi connectivity index (χ1n) is 36.6. The smallest absolute Gasteiger partial charge is 0.164 e. The van der Waals surface area contributed by atoms with Gasteiger partial charge >= 0.3 is 0 Å². The predicted octanol–water partition coefficient (Wildman–Crippen LogP) is 26.0. The number of pyridine rings is 2. The van der Waals surface area contributed by atoms with E-state index in [1.807, 2.05) is 176 Å². The Hall–Kier alpha value is -14.9. The van der Waals surface area contributed by atoms with E-state index >= 15 is 0 Å². The van der Waals surface area contributed by atoms with Gasteiger partial charge in [0.15, 0.2) is 23.3 Å². The Labute approximate surface area is 638 Å². The Bertz CT molecular complexity index is 6050. The topological polar surface area (TPSA) is 109 Å². The molecule has 0 amide bonds. The quantitative estimate of drug-likeness (QED) is 0.0782. The fourth-order valence-electron chi connectivity index (χ4n) is 13.7. The molecule has 9 nitrogen and oxygen atoms in total. The molecule has 18 rings (SSSR count). The predicted molar refractivity (Wildman–Crippen MR) is 446 cm³/mol. The highest BCUT2D eigenvalue weighted by Crippen LogP contribution is 2.42. The zero-order chi connectivity index (χ0) is 73.4. The molecule has 0 radical (unpaired) electrons. The molecule has 110 heavy (non-hydrogen) atoms. The second-order valence-electron chi connectivity index (χ2n) is 26.8. The molecule has 4 heterocycles. The number of hydrogen-bond acceptors (Lipinski definition) is 9. The van der Waals surface area contributed by atoms with Crippen LogP contribution in [0.15, 0.2) is 406 Å². The summed E-state index contributed by atoms with van der Waals surface area (Å²) in [5.74, 6) is 5.16. The number of hydrogen-bond donors (Lipinski definition) is 0. The van der Waals surface area contributed by atoms with E-state index in [9.17, 15) is 0 Å². The standard InChI is InChI=1S/C101H67N7O2/c1-8-22-68(23-9-1)85-63-91(74-24-10-2-11-25-74)103-94(64-85)77-44-40-71(41-45-77)84-54-61-97(110-89-55-48-70(49-56-89)69-36-38-72(39-37-69)86-65-92(75-26-12-3-13-27-75)102-93(66-86)76-28-14-4-15-29-76)90(62-84)73-42-46-78(47-43-73)95-67-96(105-98(104-95)80-30-16-5-17-31-80)79-50-57-87(58-51-79)109-88-59-52-83(53-60-88)101-107-99(81-32-18-6-19-33-81)106-100(108-101)82-34-20-7-21-35-82/h1-67H. The summed E-state index contributed by atoms with van der Waals surface area (Å²) in [6.45, 7) is 0. The van der Waals surface area contributed by atoms with Gasteiger partial charge in [-0.15, -0.1) is 0 Å². The summed E-state index contributed by atoms with van der Waals surface area (Å²) in [6, 6.07) is 139. The molecule has 4 aromatic heterocycles. The summed E-state index contributed by atoms with van der Waals surface area (Å²) in [5.41, 5.74) is 25.4. The molecule has 0 aliphatic carbocycles. The van der Waals surface area contributed by atoms with Gasteiger partial charge in [-0.25, -0.2) is 34.9 Å². The van der Waals surface area contributed by atoms with Gasteiger partial charge in [0.1, 0.15) is 23.0 Å². The van der Waals surface area contributed by atoms with Crippen molar-refractivity contribution in [2.45, 2.75) is 0 Å². The van der Waals surface area contributed by atoms with Gasteiger partial charge in [0, 0.05) is 61.2 Å². The molecule has 0 atom stereocenters. The molecule has 0 bridgehead atoms. The van der Waals surface area contributed by atoms with E-state index < -0.39 is 0 Å². The minimum Gasteiger partial charge on any atom is -0.457 e. The highest BCUT2D eigenvalue weighted by molar-refractivity contribution is 5.84. The van der Waals surface area contributed by atoms with Crippen LogP contribution >= 0.6 is 0 Å². The largest absolute Gasteiger partial charge is 0.457 e. The molecule has 9 heteroatoms. The van der Waals surface area contributed by atoms with Crippen molar-refractivity contribution in [2.24, 2.45) is 0 Å². The average molecular weight is 1410 g/mol. The minimum absolute atomic E-state index is 0.571. The van der Waals surface area contributed by atoms with Crippen molar-refractivity contribution in [1.82, 2.24) is 34.9 Å². The third kappa shape index (κ3) is 14.9. The third-order valence-electron chi connectivity index (χ3n) is 19.5. The Balaban J connectivity index is 0.641. The average Bonchev–Trinajstić information content (AvgIpc) is 0.788. The molecular weight excluding hydrogens is 1340 g/mol. The van der Waals surface area contributed by atoms with Gasteiger partial charge in [-0.3, -0.25) is 0 Å². The van der Waals surface area contributed by atoms with Crippen LogP contribution in [0.3, 0.4) is 0 Å². The third-order valence-corrected chi connectivity index (χ3v) is 19.5. The van der Waals surface area contributed by atoms with Gasteiger partial charge in [0.25, 0.3) is 0 Å².